The minimum atomic E-state index is 0.919. The van der Waals surface area contributed by atoms with E-state index in [4.69, 9.17) is 0 Å². The zero-order valence-corrected chi connectivity index (χ0v) is 11.9. The third-order valence-electron chi connectivity index (χ3n) is 3.53. The molecule has 0 saturated heterocycles. The Morgan fingerprint density at radius 3 is 2.84 bits per heavy atom. The van der Waals surface area contributed by atoms with E-state index in [1.54, 1.807) is 0 Å². The largest absolute Gasteiger partial charge is 0.313 e. The molecular formula is C16H25N3. The zero-order valence-electron chi connectivity index (χ0n) is 11.9. The van der Waals surface area contributed by atoms with Gasteiger partial charge in [0.2, 0.25) is 0 Å². The summed E-state index contributed by atoms with van der Waals surface area (Å²) in [4.78, 5) is 0. The van der Waals surface area contributed by atoms with Gasteiger partial charge < -0.3 is 5.32 Å². The number of fused-ring (bicyclic) bond motifs is 1. The van der Waals surface area contributed by atoms with Crippen LogP contribution in [0.4, 0.5) is 0 Å². The number of hydrogen-bond donors (Lipinski definition) is 1. The lowest BCUT2D eigenvalue weighted by Crippen LogP contribution is -2.14. The highest BCUT2D eigenvalue weighted by atomic mass is 15.2. The Balaban J connectivity index is 1.63. The number of nitrogens with one attached hydrogen (secondary N) is 1. The normalized spacial score (nSPS) is 11.2. The van der Waals surface area contributed by atoms with Crippen LogP contribution in [0, 0.1) is 0 Å². The summed E-state index contributed by atoms with van der Waals surface area (Å²) >= 11 is 0. The van der Waals surface area contributed by atoms with Crippen molar-refractivity contribution in [3.8, 4) is 0 Å². The molecule has 19 heavy (non-hydrogen) atoms. The van der Waals surface area contributed by atoms with E-state index >= 15 is 0 Å². The number of nitrogens with zero attached hydrogens (tertiary/aromatic N) is 2. The molecule has 3 heteroatoms. The molecule has 1 N–H and O–H groups in total. The molecule has 2 aromatic heterocycles. The predicted molar refractivity (Wildman–Crippen MR) is 80.3 cm³/mol. The van der Waals surface area contributed by atoms with Gasteiger partial charge in [-0.3, -0.25) is 0 Å². The summed E-state index contributed by atoms with van der Waals surface area (Å²) in [6.07, 6.45) is 12.1. The SMILES string of the molecule is CCCCCCCCNCc1cnn2ccccc12. The second kappa shape index (κ2) is 7.95. The molecule has 0 aliphatic heterocycles. The summed E-state index contributed by atoms with van der Waals surface area (Å²) in [5.41, 5.74) is 2.49. The average Bonchev–Trinajstić information content (AvgIpc) is 2.85. The molecular weight excluding hydrogens is 234 g/mol. The summed E-state index contributed by atoms with van der Waals surface area (Å²) in [6.45, 7) is 4.29. The first-order valence-corrected chi connectivity index (χ1v) is 7.54. The zero-order chi connectivity index (χ0) is 13.3. The highest BCUT2D eigenvalue weighted by Crippen LogP contribution is 2.09. The summed E-state index contributed by atoms with van der Waals surface area (Å²) < 4.78 is 1.93. The molecule has 0 amide bonds. The van der Waals surface area contributed by atoms with Crippen LogP contribution in [0.3, 0.4) is 0 Å². The molecule has 0 fully saturated rings. The standard InChI is InChI=1S/C16H25N3/c1-2-3-4-5-6-8-11-17-13-15-14-18-19-12-9-7-10-16(15)19/h7,9-10,12,14,17H,2-6,8,11,13H2,1H3. The van der Waals surface area contributed by atoms with Gasteiger partial charge in [0.05, 0.1) is 11.7 Å². The number of pyridine rings is 1. The Kier molecular flexibility index (Phi) is 5.89. The van der Waals surface area contributed by atoms with Gasteiger partial charge >= 0.3 is 0 Å². The first-order chi connectivity index (χ1) is 9.42. The quantitative estimate of drug-likeness (QED) is 0.694. The highest BCUT2D eigenvalue weighted by Gasteiger charge is 2.01. The van der Waals surface area contributed by atoms with Crippen molar-refractivity contribution in [2.24, 2.45) is 0 Å². The fourth-order valence-electron chi connectivity index (χ4n) is 2.38. The van der Waals surface area contributed by atoms with E-state index in [1.807, 2.05) is 23.0 Å². The molecule has 0 radical (unpaired) electrons. The first-order valence-electron chi connectivity index (χ1n) is 7.54. The lowest BCUT2D eigenvalue weighted by Gasteiger charge is -2.04. The predicted octanol–water partition coefficient (Wildman–Crippen LogP) is 3.78. The molecule has 104 valence electrons. The van der Waals surface area contributed by atoms with Crippen molar-refractivity contribution in [2.75, 3.05) is 6.54 Å². The molecule has 0 spiro atoms. The molecule has 2 rings (SSSR count). The Labute approximate surface area is 116 Å². The molecule has 0 aromatic carbocycles. The lowest BCUT2D eigenvalue weighted by molar-refractivity contribution is 0.572. The number of aromatic nitrogens is 2. The average molecular weight is 259 g/mol. The number of hydrogen-bond acceptors (Lipinski definition) is 2. The minimum Gasteiger partial charge on any atom is -0.313 e. The Morgan fingerprint density at radius 2 is 1.95 bits per heavy atom. The summed E-state index contributed by atoms with van der Waals surface area (Å²) in [6, 6.07) is 6.19. The molecule has 0 saturated carbocycles. The Bertz CT molecular complexity index is 476. The molecule has 0 unspecified atom stereocenters. The summed E-state index contributed by atoms with van der Waals surface area (Å²) in [7, 11) is 0. The van der Waals surface area contributed by atoms with Gasteiger partial charge in [-0.1, -0.05) is 45.1 Å². The van der Waals surface area contributed by atoms with Gasteiger partial charge in [0, 0.05) is 18.3 Å². The van der Waals surface area contributed by atoms with Gasteiger partial charge in [0.25, 0.3) is 0 Å². The van der Waals surface area contributed by atoms with Gasteiger partial charge in [-0.05, 0) is 25.1 Å². The maximum atomic E-state index is 4.34. The van der Waals surface area contributed by atoms with Crippen LogP contribution in [-0.2, 0) is 6.54 Å². The minimum absolute atomic E-state index is 0.919. The van der Waals surface area contributed by atoms with E-state index in [0.717, 1.165) is 13.1 Å². The molecule has 0 aliphatic rings. The van der Waals surface area contributed by atoms with Crippen LogP contribution in [0.25, 0.3) is 5.52 Å². The van der Waals surface area contributed by atoms with Crippen molar-refractivity contribution in [3.63, 3.8) is 0 Å². The maximum absolute atomic E-state index is 4.34. The fourth-order valence-corrected chi connectivity index (χ4v) is 2.38. The Morgan fingerprint density at radius 1 is 1.11 bits per heavy atom. The third-order valence-corrected chi connectivity index (χ3v) is 3.53. The Hall–Kier alpha value is -1.35. The van der Waals surface area contributed by atoms with Crippen molar-refractivity contribution in [1.82, 2.24) is 14.9 Å². The van der Waals surface area contributed by atoms with E-state index in [9.17, 15) is 0 Å². The summed E-state index contributed by atoms with van der Waals surface area (Å²) in [5, 5.41) is 7.86. The van der Waals surface area contributed by atoms with Gasteiger partial charge in [0.15, 0.2) is 0 Å². The topological polar surface area (TPSA) is 29.3 Å². The van der Waals surface area contributed by atoms with Crippen LogP contribution in [-0.4, -0.2) is 16.2 Å². The van der Waals surface area contributed by atoms with Crippen LogP contribution < -0.4 is 5.32 Å². The van der Waals surface area contributed by atoms with E-state index in [1.165, 1.54) is 49.6 Å². The van der Waals surface area contributed by atoms with E-state index in [-0.39, 0.29) is 0 Å². The molecule has 0 aliphatic carbocycles. The molecule has 0 bridgehead atoms. The number of rotatable bonds is 9. The van der Waals surface area contributed by atoms with Crippen molar-refractivity contribution in [3.05, 3.63) is 36.2 Å². The van der Waals surface area contributed by atoms with Gasteiger partial charge in [0.1, 0.15) is 0 Å². The van der Waals surface area contributed by atoms with Gasteiger partial charge in [-0.15, -0.1) is 0 Å². The molecule has 2 aromatic rings. The van der Waals surface area contributed by atoms with Crippen molar-refractivity contribution < 1.29 is 0 Å². The van der Waals surface area contributed by atoms with Crippen LogP contribution in [0.15, 0.2) is 30.6 Å². The van der Waals surface area contributed by atoms with Crippen molar-refractivity contribution in [1.29, 1.82) is 0 Å². The van der Waals surface area contributed by atoms with Crippen molar-refractivity contribution >= 4 is 5.52 Å². The number of unbranched alkanes of at least 4 members (excludes halogenated alkanes) is 5. The van der Waals surface area contributed by atoms with E-state index in [2.05, 4.69) is 29.5 Å². The molecule has 0 atom stereocenters. The van der Waals surface area contributed by atoms with Crippen LogP contribution >= 0.6 is 0 Å². The summed E-state index contributed by atoms with van der Waals surface area (Å²) in [5.74, 6) is 0. The third kappa shape index (κ3) is 4.35. The van der Waals surface area contributed by atoms with Crippen LogP contribution in [0.5, 0.6) is 0 Å². The second-order valence-corrected chi connectivity index (χ2v) is 5.14. The smallest absolute Gasteiger partial charge is 0.0706 e. The van der Waals surface area contributed by atoms with Crippen molar-refractivity contribution in [2.45, 2.75) is 52.0 Å². The van der Waals surface area contributed by atoms with E-state index < -0.39 is 0 Å². The first kappa shape index (κ1) is 14.1. The van der Waals surface area contributed by atoms with Crippen LogP contribution in [0.2, 0.25) is 0 Å². The van der Waals surface area contributed by atoms with Gasteiger partial charge in [-0.25, -0.2) is 4.52 Å². The highest BCUT2D eigenvalue weighted by molar-refractivity contribution is 5.53. The monoisotopic (exact) mass is 259 g/mol. The fraction of sp³-hybridized carbons (Fsp3) is 0.562. The lowest BCUT2D eigenvalue weighted by atomic mass is 10.1. The van der Waals surface area contributed by atoms with Gasteiger partial charge in [-0.2, -0.15) is 5.10 Å². The van der Waals surface area contributed by atoms with Crippen LogP contribution in [0.1, 0.15) is 51.0 Å². The van der Waals surface area contributed by atoms with E-state index in [0.29, 0.717) is 0 Å². The maximum Gasteiger partial charge on any atom is 0.0706 e. The molecule has 3 nitrogen and oxygen atoms in total. The molecule has 2 heterocycles. The second-order valence-electron chi connectivity index (χ2n) is 5.14.